The van der Waals surface area contributed by atoms with Gasteiger partial charge in [-0.3, -0.25) is 4.57 Å². The minimum atomic E-state index is 0.132. The number of aromatic nitrogens is 2. The van der Waals surface area contributed by atoms with Gasteiger partial charge in [0.1, 0.15) is 18.7 Å². The summed E-state index contributed by atoms with van der Waals surface area (Å²) in [7, 11) is 0. The molecule has 6 heteroatoms. The summed E-state index contributed by atoms with van der Waals surface area (Å²) in [6, 6.07) is 13.5. The molecular weight excluding hydrogens is 292 g/mol. The predicted molar refractivity (Wildman–Crippen MR) is 90.9 cm³/mol. The van der Waals surface area contributed by atoms with E-state index in [4.69, 9.17) is 15.6 Å². The van der Waals surface area contributed by atoms with E-state index < -0.39 is 0 Å². The van der Waals surface area contributed by atoms with Gasteiger partial charge in [-0.15, -0.1) is 0 Å². The zero-order valence-corrected chi connectivity index (χ0v) is 12.8. The number of nitrogen functional groups attached to an aromatic ring is 1. The first-order valence-corrected chi connectivity index (χ1v) is 7.55. The van der Waals surface area contributed by atoms with Gasteiger partial charge >= 0.3 is 0 Å². The number of nitrogens with zero attached hydrogens (tertiary/aromatic N) is 2. The Kier molecular flexibility index (Phi) is 4.75. The van der Waals surface area contributed by atoms with Gasteiger partial charge in [0.05, 0.1) is 17.6 Å². The van der Waals surface area contributed by atoms with Crippen LogP contribution >= 0.6 is 0 Å². The number of hydrogen-bond donors (Lipinski definition) is 3. The summed E-state index contributed by atoms with van der Waals surface area (Å²) in [5, 5.41) is 11.8. The molecule has 0 spiro atoms. The Labute approximate surface area is 134 Å². The number of anilines is 1. The van der Waals surface area contributed by atoms with Gasteiger partial charge in [0.15, 0.2) is 0 Å². The van der Waals surface area contributed by atoms with Crippen LogP contribution < -0.4 is 15.8 Å². The molecule has 0 aliphatic heterocycles. The Morgan fingerprint density at radius 1 is 1.13 bits per heavy atom. The highest BCUT2D eigenvalue weighted by Crippen LogP contribution is 2.23. The van der Waals surface area contributed by atoms with E-state index in [9.17, 15) is 0 Å². The maximum absolute atomic E-state index is 8.71. The minimum absolute atomic E-state index is 0.132. The van der Waals surface area contributed by atoms with E-state index in [0.717, 1.165) is 28.2 Å². The number of benzene rings is 2. The van der Waals surface area contributed by atoms with Crippen LogP contribution in [0.15, 0.2) is 48.8 Å². The van der Waals surface area contributed by atoms with E-state index in [0.29, 0.717) is 19.7 Å². The van der Waals surface area contributed by atoms with Crippen LogP contribution in [0.3, 0.4) is 0 Å². The molecule has 0 unspecified atom stereocenters. The van der Waals surface area contributed by atoms with Gasteiger partial charge in [0.2, 0.25) is 0 Å². The molecule has 23 heavy (non-hydrogen) atoms. The first-order valence-electron chi connectivity index (χ1n) is 7.55. The van der Waals surface area contributed by atoms with Gasteiger partial charge in [-0.1, -0.05) is 0 Å². The predicted octanol–water partition coefficient (Wildman–Crippen LogP) is 1.57. The summed E-state index contributed by atoms with van der Waals surface area (Å²) < 4.78 is 7.74. The van der Waals surface area contributed by atoms with Crippen LogP contribution in [0.25, 0.3) is 16.7 Å². The second kappa shape index (κ2) is 7.13. The highest BCUT2D eigenvalue weighted by atomic mass is 16.5. The third-order valence-electron chi connectivity index (χ3n) is 3.53. The maximum Gasteiger partial charge on any atom is 0.121 e. The number of nitrogens with one attached hydrogen (secondary N) is 1. The SMILES string of the molecule is Nc1ccc(-n2cnc3ccc(OCCNCCO)cc32)cc1. The molecule has 0 fully saturated rings. The van der Waals surface area contributed by atoms with Gasteiger partial charge in [0, 0.05) is 30.5 Å². The number of aliphatic hydroxyl groups excluding tert-OH is 1. The molecular formula is C17H20N4O2. The Balaban J connectivity index is 1.78. The second-order valence-corrected chi connectivity index (χ2v) is 5.18. The van der Waals surface area contributed by atoms with Crippen molar-refractivity contribution in [3.8, 4) is 11.4 Å². The Hall–Kier alpha value is -2.57. The van der Waals surface area contributed by atoms with Crippen molar-refractivity contribution in [2.45, 2.75) is 0 Å². The second-order valence-electron chi connectivity index (χ2n) is 5.18. The van der Waals surface area contributed by atoms with Gasteiger partial charge < -0.3 is 20.9 Å². The summed E-state index contributed by atoms with van der Waals surface area (Å²) in [5.41, 5.74) is 9.37. The average Bonchev–Trinajstić information content (AvgIpc) is 2.99. The summed E-state index contributed by atoms with van der Waals surface area (Å²) in [5.74, 6) is 0.792. The largest absolute Gasteiger partial charge is 0.492 e. The molecule has 1 aromatic heterocycles. The fraction of sp³-hybridized carbons (Fsp3) is 0.235. The molecule has 0 amide bonds. The molecule has 6 nitrogen and oxygen atoms in total. The lowest BCUT2D eigenvalue weighted by atomic mass is 10.2. The highest BCUT2D eigenvalue weighted by Gasteiger charge is 2.06. The van der Waals surface area contributed by atoms with Crippen LogP contribution in [0.5, 0.6) is 5.75 Å². The molecule has 3 rings (SSSR count). The minimum Gasteiger partial charge on any atom is -0.492 e. The van der Waals surface area contributed by atoms with Crippen molar-refractivity contribution >= 4 is 16.7 Å². The van der Waals surface area contributed by atoms with Gasteiger partial charge in [-0.2, -0.15) is 0 Å². The highest BCUT2D eigenvalue weighted by molar-refractivity contribution is 5.79. The molecule has 1 heterocycles. The fourth-order valence-electron chi connectivity index (χ4n) is 2.36. The van der Waals surface area contributed by atoms with Crippen LogP contribution in [0.2, 0.25) is 0 Å². The molecule has 0 aliphatic carbocycles. The molecule has 3 aromatic rings. The fourth-order valence-corrected chi connectivity index (χ4v) is 2.36. The molecule has 0 saturated carbocycles. The van der Waals surface area contributed by atoms with Crippen molar-refractivity contribution < 1.29 is 9.84 Å². The maximum atomic E-state index is 8.71. The Bertz CT molecular complexity index is 768. The number of ether oxygens (including phenoxy) is 1. The van der Waals surface area contributed by atoms with E-state index >= 15 is 0 Å². The number of nitrogens with two attached hydrogens (primary N) is 1. The molecule has 4 N–H and O–H groups in total. The van der Waals surface area contributed by atoms with E-state index in [1.165, 1.54) is 0 Å². The number of rotatable bonds is 7. The van der Waals surface area contributed by atoms with Crippen LogP contribution in [0.4, 0.5) is 5.69 Å². The normalized spacial score (nSPS) is 11.0. The lowest BCUT2D eigenvalue weighted by Crippen LogP contribution is -2.23. The van der Waals surface area contributed by atoms with Crippen molar-refractivity contribution in [1.29, 1.82) is 0 Å². The summed E-state index contributed by atoms with van der Waals surface area (Å²) >= 11 is 0. The lowest BCUT2D eigenvalue weighted by molar-refractivity contribution is 0.276. The number of fused-ring (bicyclic) bond motifs is 1. The van der Waals surface area contributed by atoms with E-state index in [-0.39, 0.29) is 6.61 Å². The number of hydrogen-bond acceptors (Lipinski definition) is 5. The van der Waals surface area contributed by atoms with Crippen LogP contribution in [0, 0.1) is 0 Å². The average molecular weight is 312 g/mol. The van der Waals surface area contributed by atoms with Crippen molar-refractivity contribution in [3.05, 3.63) is 48.8 Å². The van der Waals surface area contributed by atoms with Crippen molar-refractivity contribution in [2.75, 3.05) is 32.0 Å². The first kappa shape index (κ1) is 15.3. The zero-order valence-electron chi connectivity index (χ0n) is 12.8. The van der Waals surface area contributed by atoms with Crippen molar-refractivity contribution in [2.24, 2.45) is 0 Å². The monoisotopic (exact) mass is 312 g/mol. The van der Waals surface area contributed by atoms with Crippen LogP contribution in [-0.2, 0) is 0 Å². The topological polar surface area (TPSA) is 85.3 Å². The number of imidazole rings is 1. The Morgan fingerprint density at radius 2 is 1.96 bits per heavy atom. The van der Waals surface area contributed by atoms with Crippen LogP contribution in [-0.4, -0.2) is 41.0 Å². The lowest BCUT2D eigenvalue weighted by Gasteiger charge is -2.08. The molecule has 0 saturated heterocycles. The first-order chi connectivity index (χ1) is 11.3. The smallest absolute Gasteiger partial charge is 0.121 e. The zero-order chi connectivity index (χ0) is 16.1. The summed E-state index contributed by atoms with van der Waals surface area (Å²) in [4.78, 5) is 4.42. The van der Waals surface area contributed by atoms with Crippen molar-refractivity contribution in [3.63, 3.8) is 0 Å². The summed E-state index contributed by atoms with van der Waals surface area (Å²) in [6.07, 6.45) is 1.79. The number of aliphatic hydroxyl groups is 1. The van der Waals surface area contributed by atoms with Gasteiger partial charge in [-0.25, -0.2) is 4.98 Å². The van der Waals surface area contributed by atoms with Crippen molar-refractivity contribution in [1.82, 2.24) is 14.9 Å². The molecule has 0 radical (unpaired) electrons. The quantitative estimate of drug-likeness (QED) is 0.455. The Morgan fingerprint density at radius 3 is 2.74 bits per heavy atom. The van der Waals surface area contributed by atoms with E-state index in [1.807, 2.05) is 47.0 Å². The van der Waals surface area contributed by atoms with E-state index in [1.54, 1.807) is 6.33 Å². The molecule has 0 bridgehead atoms. The summed E-state index contributed by atoms with van der Waals surface area (Å²) in [6.45, 7) is 1.94. The van der Waals surface area contributed by atoms with E-state index in [2.05, 4.69) is 10.3 Å². The molecule has 120 valence electrons. The molecule has 0 atom stereocenters. The molecule has 2 aromatic carbocycles. The van der Waals surface area contributed by atoms with Crippen LogP contribution in [0.1, 0.15) is 0 Å². The third-order valence-corrected chi connectivity index (χ3v) is 3.53. The third kappa shape index (κ3) is 3.61. The van der Waals surface area contributed by atoms with Gasteiger partial charge in [0.25, 0.3) is 0 Å². The molecule has 0 aliphatic rings. The van der Waals surface area contributed by atoms with Gasteiger partial charge in [-0.05, 0) is 36.4 Å². The standard InChI is InChI=1S/C17H20N4O2/c18-13-1-3-14(4-2-13)21-12-20-16-6-5-15(11-17(16)21)23-10-8-19-7-9-22/h1-6,11-12,19,22H,7-10,18H2.